The number of non-ortho nitro benzene ring substituents is 1. The van der Waals surface area contributed by atoms with Crippen molar-refractivity contribution in [1.29, 1.82) is 0 Å². The first-order chi connectivity index (χ1) is 12.2. The van der Waals surface area contributed by atoms with Crippen LogP contribution in [0.1, 0.15) is 19.8 Å². The van der Waals surface area contributed by atoms with Crippen LogP contribution in [0.15, 0.2) is 65.0 Å². The lowest BCUT2D eigenvalue weighted by atomic mass is 10.1. The predicted octanol–water partition coefficient (Wildman–Crippen LogP) is 5.16. The highest BCUT2D eigenvalue weighted by Gasteiger charge is 2.10. The number of para-hydroxylation sites is 1. The van der Waals surface area contributed by atoms with Crippen LogP contribution in [-0.2, 0) is 6.54 Å². The molecule has 0 aliphatic carbocycles. The second kappa shape index (κ2) is 7.90. The van der Waals surface area contributed by atoms with Crippen LogP contribution in [0.4, 0.5) is 11.4 Å². The molecule has 3 aromatic rings. The van der Waals surface area contributed by atoms with Gasteiger partial charge in [0.05, 0.1) is 16.3 Å². The van der Waals surface area contributed by atoms with Gasteiger partial charge in [-0.3, -0.25) is 10.1 Å². The highest BCUT2D eigenvalue weighted by Crippen LogP contribution is 2.24. The number of benzene rings is 2. The number of nitro groups is 1. The van der Waals surface area contributed by atoms with Crippen LogP contribution in [-0.4, -0.2) is 9.49 Å². The molecule has 0 N–H and O–H groups in total. The molecule has 0 atom stereocenters. The van der Waals surface area contributed by atoms with Crippen molar-refractivity contribution in [2.24, 2.45) is 4.99 Å². The fraction of sp³-hybridized carbons (Fsp3) is 0.211. The molecule has 0 saturated heterocycles. The van der Waals surface area contributed by atoms with Crippen molar-refractivity contribution in [2.75, 3.05) is 0 Å². The number of hydrogen-bond acceptors (Lipinski definition) is 4. The van der Waals surface area contributed by atoms with E-state index in [1.165, 1.54) is 0 Å². The fourth-order valence-corrected chi connectivity index (χ4v) is 3.50. The zero-order chi connectivity index (χ0) is 17.6. The molecule has 0 amide bonds. The van der Waals surface area contributed by atoms with E-state index in [0.717, 1.165) is 41.1 Å². The molecule has 128 valence electrons. The maximum atomic E-state index is 10.9. The maximum Gasteiger partial charge on any atom is 0.269 e. The zero-order valence-corrected chi connectivity index (χ0v) is 14.8. The smallest absolute Gasteiger partial charge is 0.269 e. The van der Waals surface area contributed by atoms with E-state index < -0.39 is 0 Å². The van der Waals surface area contributed by atoms with Gasteiger partial charge in [-0.05, 0) is 36.2 Å². The van der Waals surface area contributed by atoms with Crippen LogP contribution in [0.2, 0.25) is 0 Å². The molecule has 5 nitrogen and oxygen atoms in total. The quantitative estimate of drug-likeness (QED) is 0.454. The molecular formula is C19H19N3O2S. The number of aromatic nitrogens is 1. The molecule has 0 saturated carbocycles. The minimum atomic E-state index is -0.376. The van der Waals surface area contributed by atoms with E-state index in [-0.39, 0.29) is 10.6 Å². The van der Waals surface area contributed by atoms with Crippen LogP contribution < -0.4 is 4.80 Å². The Balaban J connectivity index is 2.04. The maximum absolute atomic E-state index is 10.9. The van der Waals surface area contributed by atoms with Gasteiger partial charge in [-0.15, -0.1) is 11.3 Å². The van der Waals surface area contributed by atoms with Gasteiger partial charge in [0.15, 0.2) is 4.80 Å². The summed E-state index contributed by atoms with van der Waals surface area (Å²) in [6, 6.07) is 16.6. The van der Waals surface area contributed by atoms with Gasteiger partial charge in [0, 0.05) is 24.1 Å². The molecule has 1 aromatic heterocycles. The lowest BCUT2D eigenvalue weighted by Gasteiger charge is -2.08. The molecule has 6 heteroatoms. The van der Waals surface area contributed by atoms with E-state index in [0.29, 0.717) is 0 Å². The Morgan fingerprint density at radius 2 is 1.84 bits per heavy atom. The summed E-state index contributed by atoms with van der Waals surface area (Å²) in [5, 5.41) is 12.9. The summed E-state index contributed by atoms with van der Waals surface area (Å²) in [7, 11) is 0. The van der Waals surface area contributed by atoms with Crippen molar-refractivity contribution < 1.29 is 4.92 Å². The summed E-state index contributed by atoms with van der Waals surface area (Å²) in [5.74, 6) is 0. The van der Waals surface area contributed by atoms with Gasteiger partial charge in [0.1, 0.15) is 0 Å². The highest BCUT2D eigenvalue weighted by atomic mass is 32.1. The van der Waals surface area contributed by atoms with Crippen molar-refractivity contribution in [3.63, 3.8) is 0 Å². The summed E-state index contributed by atoms with van der Waals surface area (Å²) in [6.45, 7) is 3.03. The Kier molecular flexibility index (Phi) is 5.40. The minimum absolute atomic E-state index is 0.105. The van der Waals surface area contributed by atoms with E-state index in [4.69, 9.17) is 4.99 Å². The monoisotopic (exact) mass is 353 g/mol. The van der Waals surface area contributed by atoms with E-state index in [1.54, 1.807) is 35.6 Å². The Labute approximate surface area is 150 Å². The number of thiazole rings is 1. The van der Waals surface area contributed by atoms with Gasteiger partial charge in [0.2, 0.25) is 0 Å². The highest BCUT2D eigenvalue weighted by molar-refractivity contribution is 7.07. The molecule has 0 radical (unpaired) electrons. The summed E-state index contributed by atoms with van der Waals surface area (Å²) in [6.07, 6.45) is 2.14. The standard InChI is InChI=1S/C19H19N3O2S/c1-2-3-13-21-18(15-9-11-17(12-10-15)22(23)24)14-25-19(21)20-16-7-5-4-6-8-16/h4-12,14H,2-3,13H2,1H3. The summed E-state index contributed by atoms with van der Waals surface area (Å²) < 4.78 is 2.20. The number of nitro benzene ring substituents is 1. The van der Waals surface area contributed by atoms with Gasteiger partial charge >= 0.3 is 0 Å². The first kappa shape index (κ1) is 17.1. The van der Waals surface area contributed by atoms with Gasteiger partial charge in [-0.25, -0.2) is 4.99 Å². The predicted molar refractivity (Wildman–Crippen MR) is 101 cm³/mol. The summed E-state index contributed by atoms with van der Waals surface area (Å²) in [4.78, 5) is 16.2. The average Bonchev–Trinajstić information content (AvgIpc) is 3.03. The molecule has 0 bridgehead atoms. The van der Waals surface area contributed by atoms with Crippen molar-refractivity contribution in [1.82, 2.24) is 4.57 Å². The van der Waals surface area contributed by atoms with Gasteiger partial charge in [-0.1, -0.05) is 31.5 Å². The van der Waals surface area contributed by atoms with Gasteiger partial charge in [0.25, 0.3) is 5.69 Å². The van der Waals surface area contributed by atoms with Gasteiger partial charge < -0.3 is 4.57 Å². The molecular weight excluding hydrogens is 334 g/mol. The first-order valence-electron chi connectivity index (χ1n) is 8.22. The molecule has 2 aromatic carbocycles. The number of rotatable bonds is 6. The third-order valence-electron chi connectivity index (χ3n) is 3.89. The molecule has 0 aliphatic rings. The second-order valence-corrected chi connectivity index (χ2v) is 6.50. The first-order valence-corrected chi connectivity index (χ1v) is 9.10. The third-order valence-corrected chi connectivity index (χ3v) is 4.75. The molecule has 3 rings (SSSR count). The number of hydrogen-bond donors (Lipinski definition) is 0. The summed E-state index contributed by atoms with van der Waals surface area (Å²) >= 11 is 1.59. The molecule has 0 aliphatic heterocycles. The molecule has 0 unspecified atom stereocenters. The van der Waals surface area contributed by atoms with Crippen molar-refractivity contribution in [2.45, 2.75) is 26.3 Å². The molecule has 25 heavy (non-hydrogen) atoms. The van der Waals surface area contributed by atoms with Gasteiger partial charge in [-0.2, -0.15) is 0 Å². The zero-order valence-electron chi connectivity index (χ0n) is 14.0. The Morgan fingerprint density at radius 1 is 1.12 bits per heavy atom. The van der Waals surface area contributed by atoms with E-state index >= 15 is 0 Å². The van der Waals surface area contributed by atoms with E-state index in [9.17, 15) is 10.1 Å². The van der Waals surface area contributed by atoms with Crippen LogP contribution in [0.5, 0.6) is 0 Å². The SMILES string of the molecule is CCCCn1c(-c2ccc([N+](=O)[O-])cc2)csc1=Nc1ccccc1. The topological polar surface area (TPSA) is 60.4 Å². The largest absolute Gasteiger partial charge is 0.316 e. The number of unbranched alkanes of at least 4 members (excludes halogenated alkanes) is 1. The van der Waals surface area contributed by atoms with Crippen LogP contribution in [0, 0.1) is 10.1 Å². The van der Waals surface area contributed by atoms with E-state index in [2.05, 4.69) is 16.9 Å². The Hall–Kier alpha value is -2.73. The molecule has 0 fully saturated rings. The van der Waals surface area contributed by atoms with Crippen molar-refractivity contribution in [3.05, 3.63) is 74.9 Å². The lowest BCUT2D eigenvalue weighted by Crippen LogP contribution is -2.15. The van der Waals surface area contributed by atoms with Crippen LogP contribution in [0.3, 0.4) is 0 Å². The average molecular weight is 353 g/mol. The van der Waals surface area contributed by atoms with Crippen LogP contribution >= 0.6 is 11.3 Å². The second-order valence-electron chi connectivity index (χ2n) is 5.66. The van der Waals surface area contributed by atoms with Crippen molar-refractivity contribution in [3.8, 4) is 11.3 Å². The Morgan fingerprint density at radius 3 is 2.48 bits per heavy atom. The number of nitrogens with zero attached hydrogens (tertiary/aromatic N) is 3. The lowest BCUT2D eigenvalue weighted by molar-refractivity contribution is -0.384. The normalized spacial score (nSPS) is 11.6. The summed E-state index contributed by atoms with van der Waals surface area (Å²) in [5.41, 5.74) is 3.04. The van der Waals surface area contributed by atoms with Crippen LogP contribution in [0.25, 0.3) is 11.3 Å². The Bertz CT molecular complexity index is 912. The fourth-order valence-electron chi connectivity index (χ4n) is 2.55. The van der Waals surface area contributed by atoms with Crippen molar-refractivity contribution >= 4 is 22.7 Å². The molecule has 1 heterocycles. The minimum Gasteiger partial charge on any atom is -0.316 e. The van der Waals surface area contributed by atoms with E-state index in [1.807, 2.05) is 30.3 Å². The molecule has 0 spiro atoms. The third kappa shape index (κ3) is 4.03.